The van der Waals surface area contributed by atoms with Gasteiger partial charge in [0.15, 0.2) is 5.92 Å². The maximum absolute atomic E-state index is 13.3. The van der Waals surface area contributed by atoms with Gasteiger partial charge in [-0.2, -0.15) is 11.3 Å². The predicted molar refractivity (Wildman–Crippen MR) is 134 cm³/mol. The minimum Gasteiger partial charge on any atom is -0.478 e. The summed E-state index contributed by atoms with van der Waals surface area (Å²) in [5, 5.41) is 28.0. The molecular weight excluding hydrogens is 540 g/mol. The highest BCUT2D eigenvalue weighted by Gasteiger charge is 2.73. The van der Waals surface area contributed by atoms with E-state index >= 15 is 0 Å². The molecule has 2 saturated heterocycles. The van der Waals surface area contributed by atoms with Gasteiger partial charge in [-0.25, -0.2) is 4.79 Å². The standard InChI is InChI=1S/C23H22N4O9S2/c1-22(2)23(21(32)33,24-11-28)26-18(30)16(19(26)38-22)25-17(29)15(13-7-8-37-10-13)20(31)36-9-12-3-5-14(6-4-12)27(34)35/h3-8,10-11,15-16,19H,9H2,1-2H3,(H,24,28)(H,25,29)(H,32,33)/t15?,16-,19-,23+/m1/s1. The number of carbonyl (C=O) groups excluding carboxylic acids is 4. The number of thiophene rings is 1. The lowest BCUT2D eigenvalue weighted by Gasteiger charge is -2.49. The molecule has 38 heavy (non-hydrogen) atoms. The van der Waals surface area contributed by atoms with Crippen LogP contribution in [0.25, 0.3) is 0 Å². The van der Waals surface area contributed by atoms with Crippen molar-refractivity contribution in [3.63, 3.8) is 0 Å². The van der Waals surface area contributed by atoms with Crippen molar-refractivity contribution in [2.45, 2.75) is 48.2 Å². The summed E-state index contributed by atoms with van der Waals surface area (Å²) in [6.07, 6.45) is 0.214. The van der Waals surface area contributed by atoms with Crippen LogP contribution in [-0.4, -0.2) is 66.9 Å². The van der Waals surface area contributed by atoms with Crippen molar-refractivity contribution in [1.29, 1.82) is 0 Å². The zero-order valence-electron chi connectivity index (χ0n) is 20.0. The molecule has 2 fully saturated rings. The second kappa shape index (κ2) is 10.1. The molecule has 0 bridgehead atoms. The smallest absolute Gasteiger partial charge is 0.352 e. The summed E-state index contributed by atoms with van der Waals surface area (Å²) in [4.78, 5) is 74.0. The van der Waals surface area contributed by atoms with E-state index in [1.54, 1.807) is 30.7 Å². The van der Waals surface area contributed by atoms with E-state index in [2.05, 4.69) is 10.6 Å². The van der Waals surface area contributed by atoms with Crippen LogP contribution in [0.1, 0.15) is 30.9 Å². The number of nitrogens with one attached hydrogen (secondary N) is 2. The van der Waals surface area contributed by atoms with Crippen LogP contribution < -0.4 is 10.6 Å². The van der Waals surface area contributed by atoms with Crippen LogP contribution in [0.4, 0.5) is 5.69 Å². The molecule has 4 rings (SSSR count). The lowest BCUT2D eigenvalue weighted by molar-refractivity contribution is -0.384. The Morgan fingerprint density at radius 3 is 2.50 bits per heavy atom. The van der Waals surface area contributed by atoms with Gasteiger partial charge in [0.25, 0.3) is 11.6 Å². The number of esters is 1. The van der Waals surface area contributed by atoms with Crippen LogP contribution >= 0.6 is 23.1 Å². The maximum Gasteiger partial charge on any atom is 0.352 e. The maximum atomic E-state index is 13.3. The number of nitro groups is 1. The average molecular weight is 563 g/mol. The second-order valence-electron chi connectivity index (χ2n) is 9.01. The molecule has 2 aliphatic rings. The summed E-state index contributed by atoms with van der Waals surface area (Å²) >= 11 is 2.35. The van der Waals surface area contributed by atoms with Crippen molar-refractivity contribution in [2.75, 3.05) is 0 Å². The largest absolute Gasteiger partial charge is 0.478 e. The molecule has 1 aromatic carbocycles. The molecule has 0 saturated carbocycles. The van der Waals surface area contributed by atoms with Gasteiger partial charge in [-0.1, -0.05) is 0 Å². The number of aliphatic carboxylic acids is 1. The number of carboxylic acids is 1. The molecule has 0 spiro atoms. The van der Waals surface area contributed by atoms with E-state index in [0.29, 0.717) is 11.1 Å². The van der Waals surface area contributed by atoms with Crippen molar-refractivity contribution in [1.82, 2.24) is 15.5 Å². The predicted octanol–water partition coefficient (Wildman–Crippen LogP) is 1.19. The lowest BCUT2D eigenvalue weighted by atomic mass is 9.88. The van der Waals surface area contributed by atoms with Crippen LogP contribution in [0, 0.1) is 10.1 Å². The highest BCUT2D eigenvalue weighted by molar-refractivity contribution is 8.01. The third-order valence-corrected chi connectivity index (χ3v) is 8.78. The lowest BCUT2D eigenvalue weighted by Crippen LogP contribution is -2.79. The van der Waals surface area contributed by atoms with E-state index in [9.17, 15) is 39.2 Å². The van der Waals surface area contributed by atoms with Gasteiger partial charge in [0.1, 0.15) is 18.0 Å². The molecule has 15 heteroatoms. The molecule has 2 aromatic rings. The first-order valence-electron chi connectivity index (χ1n) is 11.1. The topological polar surface area (TPSA) is 185 Å². The summed E-state index contributed by atoms with van der Waals surface area (Å²) < 4.78 is 4.18. The molecule has 4 atom stereocenters. The van der Waals surface area contributed by atoms with Gasteiger partial charge in [-0.3, -0.25) is 34.2 Å². The number of amides is 3. The number of thioether (sulfide) groups is 1. The second-order valence-corrected chi connectivity index (χ2v) is 11.5. The molecule has 3 N–H and O–H groups in total. The van der Waals surface area contributed by atoms with Gasteiger partial charge < -0.3 is 20.5 Å². The minimum atomic E-state index is -2.02. The molecule has 2 aliphatic heterocycles. The van der Waals surface area contributed by atoms with Gasteiger partial charge in [0.05, 0.1) is 9.67 Å². The van der Waals surface area contributed by atoms with Crippen LogP contribution in [0.15, 0.2) is 41.1 Å². The molecule has 0 aliphatic carbocycles. The van der Waals surface area contributed by atoms with E-state index in [0.717, 1.165) is 16.7 Å². The van der Waals surface area contributed by atoms with E-state index < -0.39 is 56.4 Å². The summed E-state index contributed by atoms with van der Waals surface area (Å²) in [5.74, 6) is -5.28. The number of nitrogens with zero attached hydrogens (tertiary/aromatic N) is 2. The Morgan fingerprint density at radius 2 is 1.95 bits per heavy atom. The first-order chi connectivity index (χ1) is 17.9. The van der Waals surface area contributed by atoms with Crippen molar-refractivity contribution >= 4 is 58.9 Å². The fraction of sp³-hybridized carbons (Fsp3) is 0.348. The summed E-state index contributed by atoms with van der Waals surface area (Å²) in [5.41, 5.74) is -1.33. The van der Waals surface area contributed by atoms with Gasteiger partial charge in [-0.15, -0.1) is 11.8 Å². The molecule has 13 nitrogen and oxygen atoms in total. The number of rotatable bonds is 10. The Kier molecular flexibility index (Phi) is 7.16. The van der Waals surface area contributed by atoms with Crippen molar-refractivity contribution in [3.8, 4) is 0 Å². The number of nitro benzene ring substituents is 1. The Morgan fingerprint density at radius 1 is 1.26 bits per heavy atom. The summed E-state index contributed by atoms with van der Waals surface area (Å²) in [6.45, 7) is 2.89. The van der Waals surface area contributed by atoms with Gasteiger partial charge in [0.2, 0.25) is 18.0 Å². The van der Waals surface area contributed by atoms with Crippen LogP contribution in [0.3, 0.4) is 0 Å². The number of fused-ring (bicyclic) bond motifs is 1. The van der Waals surface area contributed by atoms with Gasteiger partial charge in [0, 0.05) is 12.1 Å². The number of carboxylic acid groups (broad SMARTS) is 1. The van der Waals surface area contributed by atoms with Gasteiger partial charge in [-0.05, 0) is 53.9 Å². The summed E-state index contributed by atoms with van der Waals surface area (Å²) in [7, 11) is 0. The number of benzene rings is 1. The quantitative estimate of drug-likeness (QED) is 0.0948. The third-order valence-electron chi connectivity index (χ3n) is 6.47. The average Bonchev–Trinajstić information content (AvgIpc) is 3.46. The zero-order valence-corrected chi connectivity index (χ0v) is 21.6. The Balaban J connectivity index is 1.50. The monoisotopic (exact) mass is 562 g/mol. The highest BCUT2D eigenvalue weighted by atomic mass is 32.2. The van der Waals surface area contributed by atoms with E-state index in [1.165, 1.54) is 35.6 Å². The summed E-state index contributed by atoms with van der Waals surface area (Å²) in [6, 6.07) is 5.80. The molecule has 200 valence electrons. The van der Waals surface area contributed by atoms with Crippen LogP contribution in [-0.2, 0) is 35.3 Å². The number of carbonyl (C=O) groups is 5. The van der Waals surface area contributed by atoms with Gasteiger partial charge >= 0.3 is 11.9 Å². The number of non-ortho nitro benzene ring substituents is 1. The van der Waals surface area contributed by atoms with Crippen molar-refractivity contribution in [3.05, 3.63) is 62.3 Å². The molecule has 1 aromatic heterocycles. The number of hydrogen-bond acceptors (Lipinski definition) is 10. The highest BCUT2D eigenvalue weighted by Crippen LogP contribution is 2.55. The molecule has 0 radical (unpaired) electrons. The first kappa shape index (κ1) is 27.1. The van der Waals surface area contributed by atoms with Crippen molar-refractivity contribution < 1.29 is 38.7 Å². The third kappa shape index (κ3) is 4.36. The number of β-lactam (4-membered cyclic amide) rings is 1. The fourth-order valence-corrected chi connectivity index (χ4v) is 6.92. The Bertz CT molecular complexity index is 1300. The molecule has 3 amide bonds. The zero-order chi connectivity index (χ0) is 27.8. The molecule has 1 unspecified atom stereocenters. The fourth-order valence-electron chi connectivity index (χ4n) is 4.52. The number of ether oxygens (including phenoxy) is 1. The Hall–Kier alpha value is -3.98. The number of hydrogen-bond donors (Lipinski definition) is 3. The van der Waals surface area contributed by atoms with E-state index in [-0.39, 0.29) is 18.7 Å². The normalized spacial score (nSPS) is 23.9. The first-order valence-corrected chi connectivity index (χ1v) is 12.9. The Labute approximate surface area is 223 Å². The van der Waals surface area contributed by atoms with E-state index in [4.69, 9.17) is 4.74 Å². The van der Waals surface area contributed by atoms with E-state index in [1.807, 2.05) is 0 Å². The SMILES string of the molecule is CC1(C)S[C@@H]2[C@H](NC(=O)C(C(=O)OCc3ccc([N+](=O)[O-])cc3)c3ccsc3)C(=O)N2[C@@]1(NC=O)C(=O)O. The molecule has 3 heterocycles. The van der Waals surface area contributed by atoms with Crippen molar-refractivity contribution in [2.24, 2.45) is 0 Å². The van der Waals surface area contributed by atoms with Crippen LogP contribution in [0.5, 0.6) is 0 Å². The minimum absolute atomic E-state index is 0.127. The van der Waals surface area contributed by atoms with Crippen LogP contribution in [0.2, 0.25) is 0 Å². The molecular formula is C23H22N4O9S2.